The molecule has 0 aliphatic carbocycles. The van der Waals surface area contributed by atoms with Crippen LogP contribution in [0.3, 0.4) is 0 Å². The van der Waals surface area contributed by atoms with E-state index in [1.807, 2.05) is 67.1 Å². The lowest BCUT2D eigenvalue weighted by atomic mass is 10.2. The number of likely N-dealkylation sites (N-methyl/N-ethyl adjacent to an activating group) is 1. The van der Waals surface area contributed by atoms with E-state index in [0.717, 1.165) is 16.8 Å². The largest absolute Gasteiger partial charge is 0.383 e. The molecule has 3 rings (SSSR count). The van der Waals surface area contributed by atoms with Crippen molar-refractivity contribution >= 4 is 17.4 Å². The van der Waals surface area contributed by atoms with Gasteiger partial charge in [0.1, 0.15) is 5.82 Å². The van der Waals surface area contributed by atoms with E-state index in [2.05, 4.69) is 4.98 Å². The number of hydrogen-bond donors (Lipinski definition) is 2. The number of anilines is 2. The lowest BCUT2D eigenvalue weighted by Gasteiger charge is -2.22. The highest BCUT2D eigenvalue weighted by atomic mass is 16.2. The van der Waals surface area contributed by atoms with Gasteiger partial charge in [-0.25, -0.2) is 4.79 Å². The molecule has 0 unspecified atom stereocenters. The normalized spacial score (nSPS) is 10.8. The number of pyridine rings is 1. The number of nitrogens with zero attached hydrogens (tertiary/aromatic N) is 3. The van der Waals surface area contributed by atoms with E-state index >= 15 is 0 Å². The zero-order valence-electron chi connectivity index (χ0n) is 17.4. The molecule has 3 aromatic rings. The Morgan fingerprint density at radius 1 is 1.13 bits per heavy atom. The Morgan fingerprint density at radius 2 is 1.83 bits per heavy atom. The summed E-state index contributed by atoms with van der Waals surface area (Å²) in [4.78, 5) is 41.7. The van der Waals surface area contributed by atoms with Gasteiger partial charge < -0.3 is 5.73 Å². The monoisotopic (exact) mass is 408 g/mol. The highest BCUT2D eigenvalue weighted by molar-refractivity contribution is 5.94. The van der Waals surface area contributed by atoms with Gasteiger partial charge in [0.05, 0.1) is 6.54 Å². The second-order valence-electron chi connectivity index (χ2n) is 7.11. The molecule has 0 aliphatic heterocycles. The molecule has 8 nitrogen and oxygen atoms in total. The van der Waals surface area contributed by atoms with Gasteiger partial charge in [0.25, 0.3) is 11.5 Å². The number of carbonyl (C=O) groups is 1. The molecular formula is C22H26N5O3+. The van der Waals surface area contributed by atoms with Crippen molar-refractivity contribution < 1.29 is 9.36 Å². The third-order valence-electron chi connectivity index (χ3n) is 5.20. The molecule has 0 radical (unpaired) electrons. The molecule has 30 heavy (non-hydrogen) atoms. The first-order valence-corrected chi connectivity index (χ1v) is 9.76. The SMILES string of the molecule is CCN(C(=O)C[n+]1cccc(C)c1C)c1c(N)n(Cc2ccccc2)c(=O)[nH]c1=O. The summed E-state index contributed by atoms with van der Waals surface area (Å²) in [5, 5.41) is 0. The number of aryl methyl sites for hydroxylation is 1. The van der Waals surface area contributed by atoms with E-state index in [1.54, 1.807) is 6.92 Å². The molecule has 0 bridgehead atoms. The van der Waals surface area contributed by atoms with Gasteiger partial charge in [-0.1, -0.05) is 30.3 Å². The van der Waals surface area contributed by atoms with Crippen LogP contribution in [0, 0.1) is 13.8 Å². The maximum absolute atomic E-state index is 13.1. The summed E-state index contributed by atoms with van der Waals surface area (Å²) in [6, 6.07) is 13.1. The zero-order chi connectivity index (χ0) is 21.8. The molecule has 8 heteroatoms. The summed E-state index contributed by atoms with van der Waals surface area (Å²) >= 11 is 0. The number of aromatic nitrogens is 3. The quantitative estimate of drug-likeness (QED) is 0.597. The Morgan fingerprint density at radius 3 is 2.50 bits per heavy atom. The van der Waals surface area contributed by atoms with Crippen molar-refractivity contribution in [2.45, 2.75) is 33.9 Å². The van der Waals surface area contributed by atoms with Crippen molar-refractivity contribution in [2.75, 3.05) is 17.2 Å². The Balaban J connectivity index is 2.00. The second-order valence-corrected chi connectivity index (χ2v) is 7.11. The van der Waals surface area contributed by atoms with Crippen LogP contribution in [0.25, 0.3) is 0 Å². The van der Waals surface area contributed by atoms with Crippen LogP contribution in [0.4, 0.5) is 11.5 Å². The van der Waals surface area contributed by atoms with Gasteiger partial charge in [0, 0.05) is 25.1 Å². The molecule has 156 valence electrons. The minimum atomic E-state index is -0.678. The standard InChI is InChI=1S/C22H25N5O3/c1-4-26(18(28)14-25-12-8-9-15(2)16(25)3)19-20(23)27(22(30)24-21(19)29)13-17-10-6-5-7-11-17/h5-12H,4,13-14H2,1-3H3,(H2-,23,24,29,30)/p+1. The van der Waals surface area contributed by atoms with Crippen LogP contribution in [0.5, 0.6) is 0 Å². The number of nitrogens with one attached hydrogen (secondary N) is 1. The number of nitrogen functional groups attached to an aromatic ring is 1. The van der Waals surface area contributed by atoms with Crippen LogP contribution < -0.4 is 26.4 Å². The molecule has 0 saturated carbocycles. The van der Waals surface area contributed by atoms with Crippen molar-refractivity contribution in [2.24, 2.45) is 0 Å². The first-order valence-electron chi connectivity index (χ1n) is 9.76. The predicted molar refractivity (Wildman–Crippen MR) is 115 cm³/mol. The summed E-state index contributed by atoms with van der Waals surface area (Å²) in [5.74, 6) is -0.327. The number of aromatic amines is 1. The van der Waals surface area contributed by atoms with Gasteiger partial charge in [-0.15, -0.1) is 0 Å². The Bertz CT molecular complexity index is 1180. The van der Waals surface area contributed by atoms with Crippen molar-refractivity contribution in [1.29, 1.82) is 0 Å². The zero-order valence-corrected chi connectivity index (χ0v) is 17.4. The van der Waals surface area contributed by atoms with Crippen molar-refractivity contribution in [3.8, 4) is 0 Å². The van der Waals surface area contributed by atoms with Gasteiger partial charge >= 0.3 is 5.69 Å². The molecule has 0 aliphatic rings. The number of hydrogen-bond acceptors (Lipinski definition) is 4. The Labute approximate surface area is 174 Å². The van der Waals surface area contributed by atoms with Crippen LogP contribution in [0.15, 0.2) is 58.3 Å². The molecule has 2 aromatic heterocycles. The highest BCUT2D eigenvalue weighted by Crippen LogP contribution is 2.18. The van der Waals surface area contributed by atoms with Crippen molar-refractivity contribution in [3.05, 3.63) is 86.3 Å². The maximum Gasteiger partial charge on any atom is 0.330 e. The number of amides is 1. The minimum Gasteiger partial charge on any atom is -0.383 e. The topological polar surface area (TPSA) is 105 Å². The van der Waals surface area contributed by atoms with Gasteiger partial charge in [0.2, 0.25) is 6.54 Å². The Kier molecular flexibility index (Phi) is 6.15. The fourth-order valence-corrected chi connectivity index (χ4v) is 3.37. The first-order chi connectivity index (χ1) is 14.3. The van der Waals surface area contributed by atoms with Crippen LogP contribution >= 0.6 is 0 Å². The summed E-state index contributed by atoms with van der Waals surface area (Å²) in [5.41, 5.74) is 7.80. The average Bonchev–Trinajstić information content (AvgIpc) is 2.72. The van der Waals surface area contributed by atoms with Crippen LogP contribution in [0.2, 0.25) is 0 Å². The lowest BCUT2D eigenvalue weighted by Crippen LogP contribution is -2.49. The van der Waals surface area contributed by atoms with E-state index in [0.29, 0.717) is 0 Å². The summed E-state index contributed by atoms with van der Waals surface area (Å²) in [6.45, 7) is 6.14. The van der Waals surface area contributed by atoms with E-state index in [1.165, 1.54) is 9.47 Å². The number of rotatable bonds is 6. The summed E-state index contributed by atoms with van der Waals surface area (Å²) < 4.78 is 3.10. The van der Waals surface area contributed by atoms with E-state index in [9.17, 15) is 14.4 Å². The van der Waals surface area contributed by atoms with Gasteiger partial charge in [-0.2, -0.15) is 4.57 Å². The predicted octanol–water partition coefficient (Wildman–Crippen LogP) is 1.12. The third-order valence-corrected chi connectivity index (χ3v) is 5.20. The number of carbonyl (C=O) groups excluding carboxylic acids is 1. The van der Waals surface area contributed by atoms with E-state index in [4.69, 9.17) is 5.73 Å². The number of nitrogens with two attached hydrogens (primary N) is 1. The molecule has 0 fully saturated rings. The van der Waals surface area contributed by atoms with Crippen LogP contribution in [-0.2, 0) is 17.9 Å². The average molecular weight is 408 g/mol. The molecule has 0 spiro atoms. The van der Waals surface area contributed by atoms with Crippen LogP contribution in [-0.4, -0.2) is 22.0 Å². The summed E-state index contributed by atoms with van der Waals surface area (Å²) in [7, 11) is 0. The fraction of sp³-hybridized carbons (Fsp3) is 0.273. The molecule has 3 N–H and O–H groups in total. The smallest absolute Gasteiger partial charge is 0.330 e. The minimum absolute atomic E-state index is 0.0102. The fourth-order valence-electron chi connectivity index (χ4n) is 3.37. The van der Waals surface area contributed by atoms with Gasteiger partial charge in [-0.3, -0.25) is 24.0 Å². The first kappa shape index (κ1) is 21.0. The van der Waals surface area contributed by atoms with Gasteiger partial charge in [0.15, 0.2) is 17.6 Å². The molecule has 1 aromatic carbocycles. The molecule has 0 atom stereocenters. The molecule has 2 heterocycles. The van der Waals surface area contributed by atoms with E-state index in [-0.39, 0.29) is 37.0 Å². The second kappa shape index (κ2) is 8.77. The molecule has 1 amide bonds. The number of H-pyrrole nitrogens is 1. The van der Waals surface area contributed by atoms with Crippen LogP contribution in [0.1, 0.15) is 23.7 Å². The van der Waals surface area contributed by atoms with E-state index < -0.39 is 11.2 Å². The molecule has 0 saturated heterocycles. The lowest BCUT2D eigenvalue weighted by molar-refractivity contribution is -0.690. The third kappa shape index (κ3) is 4.17. The number of benzene rings is 1. The maximum atomic E-state index is 13.1. The highest BCUT2D eigenvalue weighted by Gasteiger charge is 2.26. The van der Waals surface area contributed by atoms with Crippen molar-refractivity contribution in [1.82, 2.24) is 9.55 Å². The van der Waals surface area contributed by atoms with Gasteiger partial charge in [-0.05, 0) is 25.5 Å². The molecular weight excluding hydrogens is 382 g/mol. The summed E-state index contributed by atoms with van der Waals surface area (Å²) in [6.07, 6.45) is 1.82. The Hall–Kier alpha value is -3.68. The van der Waals surface area contributed by atoms with Crippen molar-refractivity contribution in [3.63, 3.8) is 0 Å².